The van der Waals surface area contributed by atoms with Gasteiger partial charge in [-0.15, -0.1) is 0 Å². The van der Waals surface area contributed by atoms with Crippen LogP contribution in [-0.4, -0.2) is 33.9 Å². The van der Waals surface area contributed by atoms with Crippen LogP contribution in [-0.2, 0) is 4.74 Å². The second-order valence-corrected chi connectivity index (χ2v) is 7.73. The third-order valence-corrected chi connectivity index (χ3v) is 4.78. The summed E-state index contributed by atoms with van der Waals surface area (Å²) in [5.41, 5.74) is 1.92. The number of carbonyl (C=O) groups excluding carboxylic acids is 2. The Kier molecular flexibility index (Phi) is 3.75. The van der Waals surface area contributed by atoms with E-state index in [1.165, 1.54) is 0 Å². The molecule has 1 fully saturated rings. The molecule has 134 valence electrons. The summed E-state index contributed by atoms with van der Waals surface area (Å²) in [4.78, 5) is 29.4. The van der Waals surface area contributed by atoms with Crippen LogP contribution in [0.25, 0.3) is 0 Å². The molecule has 0 spiro atoms. The van der Waals surface area contributed by atoms with Crippen molar-refractivity contribution in [1.29, 1.82) is 0 Å². The first-order valence-corrected chi connectivity index (χ1v) is 8.83. The smallest absolute Gasteiger partial charge is 0.412 e. The van der Waals surface area contributed by atoms with E-state index in [1.54, 1.807) is 9.80 Å². The van der Waals surface area contributed by atoms with Gasteiger partial charge in [0.15, 0.2) is 0 Å². The van der Waals surface area contributed by atoms with Gasteiger partial charge < -0.3 is 9.64 Å². The van der Waals surface area contributed by atoms with Crippen LogP contribution in [0.2, 0.25) is 0 Å². The van der Waals surface area contributed by atoms with Crippen molar-refractivity contribution in [2.45, 2.75) is 38.6 Å². The summed E-state index contributed by atoms with van der Waals surface area (Å²) in [5.74, 6) is -0.0300. The van der Waals surface area contributed by atoms with E-state index in [1.807, 2.05) is 75.4 Å². The highest BCUT2D eigenvalue weighted by Crippen LogP contribution is 2.47. The minimum atomic E-state index is -0.603. The lowest BCUT2D eigenvalue weighted by Crippen LogP contribution is -2.39. The molecule has 2 heterocycles. The molecule has 0 bridgehead atoms. The Bertz CT molecular complexity index is 857. The van der Waals surface area contributed by atoms with E-state index in [0.717, 1.165) is 11.1 Å². The molecule has 0 saturated carbocycles. The molecule has 2 aliphatic rings. The molecule has 4 rings (SSSR count). The van der Waals surface area contributed by atoms with E-state index >= 15 is 0 Å². The fraction of sp³-hybridized carbons (Fsp3) is 0.333. The molecule has 2 aromatic rings. The molecule has 0 aromatic heterocycles. The van der Waals surface area contributed by atoms with Crippen LogP contribution in [0.1, 0.15) is 54.5 Å². The van der Waals surface area contributed by atoms with Gasteiger partial charge in [-0.05, 0) is 32.4 Å². The Morgan fingerprint density at radius 2 is 1.69 bits per heavy atom. The topological polar surface area (TPSA) is 49.9 Å². The lowest BCUT2D eigenvalue weighted by molar-refractivity contribution is 0.00870. The minimum Gasteiger partial charge on any atom is -0.444 e. The van der Waals surface area contributed by atoms with E-state index in [0.29, 0.717) is 12.1 Å². The number of hydrogen-bond donors (Lipinski definition) is 0. The maximum absolute atomic E-state index is 13.1. The highest BCUT2D eigenvalue weighted by Gasteiger charge is 2.52. The quantitative estimate of drug-likeness (QED) is 0.777. The van der Waals surface area contributed by atoms with Crippen LogP contribution in [0.15, 0.2) is 54.6 Å². The molecule has 2 amide bonds. The maximum Gasteiger partial charge on any atom is 0.412 e. The van der Waals surface area contributed by atoms with Crippen molar-refractivity contribution in [2.24, 2.45) is 0 Å². The summed E-state index contributed by atoms with van der Waals surface area (Å²) >= 11 is 0. The van der Waals surface area contributed by atoms with Crippen LogP contribution < -0.4 is 0 Å². The molecule has 0 radical (unpaired) electrons. The Hall–Kier alpha value is -2.82. The fourth-order valence-electron chi connectivity index (χ4n) is 3.76. The number of benzene rings is 2. The van der Waals surface area contributed by atoms with Gasteiger partial charge in [-0.1, -0.05) is 48.5 Å². The molecule has 1 saturated heterocycles. The first-order valence-electron chi connectivity index (χ1n) is 8.83. The zero-order valence-corrected chi connectivity index (χ0v) is 15.2. The highest BCUT2D eigenvalue weighted by molar-refractivity contribution is 6.00. The molecule has 2 atom stereocenters. The Labute approximate surface area is 153 Å². The SMILES string of the molecule is CC(C)(C)OC(=O)N1[C@H](c2ccccc2)CN2C(=O)c3ccccc3[C@@H]21. The second-order valence-electron chi connectivity index (χ2n) is 7.73. The van der Waals surface area contributed by atoms with Crippen LogP contribution >= 0.6 is 0 Å². The lowest BCUT2D eigenvalue weighted by atomic mass is 10.0. The average Bonchev–Trinajstić information content (AvgIpc) is 3.12. The van der Waals surface area contributed by atoms with Crippen molar-refractivity contribution in [3.05, 3.63) is 71.3 Å². The number of nitrogens with zero attached hydrogens (tertiary/aromatic N) is 2. The Balaban J connectivity index is 1.79. The minimum absolute atomic E-state index is 0.0300. The predicted octanol–water partition coefficient (Wildman–Crippen LogP) is 4.13. The Morgan fingerprint density at radius 1 is 1.04 bits per heavy atom. The van der Waals surface area contributed by atoms with Gasteiger partial charge in [-0.3, -0.25) is 9.69 Å². The van der Waals surface area contributed by atoms with Crippen molar-refractivity contribution in [2.75, 3.05) is 6.54 Å². The summed E-state index contributed by atoms with van der Waals surface area (Å²) in [6, 6.07) is 17.1. The molecule has 2 aromatic carbocycles. The normalized spacial score (nSPS) is 21.6. The van der Waals surface area contributed by atoms with Crippen LogP contribution in [0.4, 0.5) is 4.79 Å². The van der Waals surface area contributed by atoms with Crippen LogP contribution in [0.5, 0.6) is 0 Å². The van der Waals surface area contributed by atoms with Gasteiger partial charge in [-0.2, -0.15) is 0 Å². The summed E-state index contributed by atoms with van der Waals surface area (Å²) < 4.78 is 5.68. The zero-order valence-electron chi connectivity index (χ0n) is 15.2. The number of ether oxygens (including phenoxy) is 1. The van der Waals surface area contributed by atoms with Crippen molar-refractivity contribution in [3.8, 4) is 0 Å². The van der Waals surface area contributed by atoms with E-state index in [2.05, 4.69) is 0 Å². The standard InChI is InChI=1S/C21H22N2O3/c1-21(2,3)26-20(25)23-17(14-9-5-4-6-10-14)13-22-18(23)15-11-7-8-12-16(15)19(22)24/h4-12,17-18H,13H2,1-3H3/t17-,18-/m0/s1. The van der Waals surface area contributed by atoms with Gasteiger partial charge in [0.2, 0.25) is 0 Å². The summed E-state index contributed by atoms with van der Waals surface area (Å²) in [5, 5.41) is 0. The molecule has 0 aliphatic carbocycles. The maximum atomic E-state index is 13.1. The lowest BCUT2D eigenvalue weighted by Gasteiger charge is -2.31. The largest absolute Gasteiger partial charge is 0.444 e. The molecule has 26 heavy (non-hydrogen) atoms. The van der Waals surface area contributed by atoms with Crippen molar-refractivity contribution in [1.82, 2.24) is 9.80 Å². The Morgan fingerprint density at radius 3 is 2.38 bits per heavy atom. The number of hydrogen-bond acceptors (Lipinski definition) is 3. The first kappa shape index (κ1) is 16.6. The summed E-state index contributed by atoms with van der Waals surface area (Å²) in [6.07, 6.45) is -0.817. The fourth-order valence-corrected chi connectivity index (χ4v) is 3.76. The van der Waals surface area contributed by atoms with Crippen molar-refractivity contribution in [3.63, 3.8) is 0 Å². The van der Waals surface area contributed by atoms with E-state index in [9.17, 15) is 9.59 Å². The molecular formula is C21H22N2O3. The number of rotatable bonds is 1. The highest BCUT2D eigenvalue weighted by atomic mass is 16.6. The van der Waals surface area contributed by atoms with Gasteiger partial charge in [-0.25, -0.2) is 4.79 Å². The number of carbonyl (C=O) groups is 2. The van der Waals surface area contributed by atoms with Crippen LogP contribution in [0, 0.1) is 0 Å². The van der Waals surface area contributed by atoms with E-state index in [4.69, 9.17) is 4.74 Å². The van der Waals surface area contributed by atoms with E-state index in [-0.39, 0.29) is 11.9 Å². The predicted molar refractivity (Wildman–Crippen MR) is 97.5 cm³/mol. The molecule has 0 unspecified atom stereocenters. The van der Waals surface area contributed by atoms with Gasteiger partial charge in [0.1, 0.15) is 11.8 Å². The van der Waals surface area contributed by atoms with Crippen LogP contribution in [0.3, 0.4) is 0 Å². The number of amides is 2. The van der Waals surface area contributed by atoms with E-state index < -0.39 is 17.9 Å². The molecular weight excluding hydrogens is 328 g/mol. The summed E-state index contributed by atoms with van der Waals surface area (Å²) in [6.45, 7) is 6.01. The molecule has 0 N–H and O–H groups in total. The molecule has 5 heteroatoms. The zero-order chi connectivity index (χ0) is 18.5. The van der Waals surface area contributed by atoms with Gasteiger partial charge in [0.05, 0.1) is 6.04 Å². The van der Waals surface area contributed by atoms with Crippen molar-refractivity contribution < 1.29 is 14.3 Å². The molecule has 2 aliphatic heterocycles. The third kappa shape index (κ3) is 2.64. The second kappa shape index (κ2) is 5.87. The monoisotopic (exact) mass is 350 g/mol. The first-order chi connectivity index (χ1) is 12.4. The molecule has 5 nitrogen and oxygen atoms in total. The van der Waals surface area contributed by atoms with Crippen molar-refractivity contribution >= 4 is 12.0 Å². The average molecular weight is 350 g/mol. The van der Waals surface area contributed by atoms with Gasteiger partial charge >= 0.3 is 6.09 Å². The van der Waals surface area contributed by atoms with Gasteiger partial charge in [0.25, 0.3) is 5.91 Å². The summed E-state index contributed by atoms with van der Waals surface area (Å²) in [7, 11) is 0. The number of fused-ring (bicyclic) bond motifs is 3. The third-order valence-electron chi connectivity index (χ3n) is 4.78. The van der Waals surface area contributed by atoms with Gasteiger partial charge in [0, 0.05) is 17.7 Å².